The van der Waals surface area contributed by atoms with Crippen LogP contribution >= 0.6 is 11.3 Å². The van der Waals surface area contributed by atoms with Gasteiger partial charge in [0.1, 0.15) is 22.8 Å². The first-order valence-electron chi connectivity index (χ1n) is 10.9. The number of likely N-dealkylation sites (tertiary alicyclic amines) is 1. The van der Waals surface area contributed by atoms with Crippen molar-refractivity contribution in [2.45, 2.75) is 19.3 Å². The lowest BCUT2D eigenvalue weighted by Gasteiger charge is -2.55. The molecular weight excluding hydrogens is 426 g/mol. The molecule has 162 valence electrons. The minimum Gasteiger partial charge on any atom is -0.380 e. The number of anilines is 2. The van der Waals surface area contributed by atoms with Gasteiger partial charge < -0.3 is 15.0 Å². The molecule has 1 atom stereocenters. The number of aryl methyl sites for hydroxylation is 1. The number of pyridine rings is 1. The molecule has 0 aromatic carbocycles. The zero-order chi connectivity index (χ0) is 21.3. The molecule has 2 fully saturated rings. The van der Waals surface area contributed by atoms with Gasteiger partial charge in [0.25, 0.3) is 0 Å². The molecular formula is C22H21N7O2S. The van der Waals surface area contributed by atoms with Gasteiger partial charge in [0.15, 0.2) is 0 Å². The van der Waals surface area contributed by atoms with Gasteiger partial charge in [0, 0.05) is 29.3 Å². The number of aromatic amines is 1. The Morgan fingerprint density at radius 2 is 2.16 bits per heavy atom. The van der Waals surface area contributed by atoms with E-state index in [2.05, 4.69) is 30.5 Å². The van der Waals surface area contributed by atoms with Crippen LogP contribution in [-0.2, 0) is 22.4 Å². The summed E-state index contributed by atoms with van der Waals surface area (Å²) in [4.78, 5) is 30.8. The van der Waals surface area contributed by atoms with Crippen molar-refractivity contribution in [1.82, 2.24) is 30.0 Å². The highest BCUT2D eigenvalue weighted by Crippen LogP contribution is 2.43. The summed E-state index contributed by atoms with van der Waals surface area (Å²) in [5, 5.41) is 12.4. The van der Waals surface area contributed by atoms with Crippen molar-refractivity contribution in [1.29, 1.82) is 0 Å². The third-order valence-electron chi connectivity index (χ3n) is 6.95. The first kappa shape index (κ1) is 18.5. The highest BCUT2D eigenvalue weighted by atomic mass is 32.1. The summed E-state index contributed by atoms with van der Waals surface area (Å²) in [5.41, 5.74) is 2.43. The summed E-state index contributed by atoms with van der Waals surface area (Å²) in [6.45, 7) is 3.32. The van der Waals surface area contributed by atoms with Gasteiger partial charge in [-0.3, -0.25) is 9.89 Å². The standard InChI is InChI=1S/C22H21N7O2S/c30-21(29-7-22(8-29)9-31-10-22)12-1-2-14-16(3-12)32-20-18(14)19(24-11-25-20)27-17-4-13-5-26-28-15(13)6-23-17/h4-6,11-12H,1-3,7-10H2,(H,26,28)(H,23,24,25,27)/t12-/m0/s1. The van der Waals surface area contributed by atoms with Crippen LogP contribution in [0.15, 0.2) is 24.8 Å². The minimum atomic E-state index is 0.0587. The van der Waals surface area contributed by atoms with E-state index in [-0.39, 0.29) is 11.3 Å². The Morgan fingerprint density at radius 3 is 3.00 bits per heavy atom. The lowest BCUT2D eigenvalue weighted by molar-refractivity contribution is -0.197. The molecule has 9 nitrogen and oxygen atoms in total. The van der Waals surface area contributed by atoms with Gasteiger partial charge >= 0.3 is 0 Å². The van der Waals surface area contributed by atoms with E-state index in [1.807, 2.05) is 11.0 Å². The number of aromatic nitrogens is 5. The molecule has 1 spiro atoms. The molecule has 32 heavy (non-hydrogen) atoms. The topological polar surface area (TPSA) is 109 Å². The third kappa shape index (κ3) is 2.75. The molecule has 1 aliphatic carbocycles. The van der Waals surface area contributed by atoms with Gasteiger partial charge in [-0.05, 0) is 30.9 Å². The summed E-state index contributed by atoms with van der Waals surface area (Å²) in [7, 11) is 0. The number of carbonyl (C=O) groups is 1. The maximum atomic E-state index is 13.1. The number of nitrogens with one attached hydrogen (secondary N) is 2. The first-order chi connectivity index (χ1) is 15.7. The van der Waals surface area contributed by atoms with Gasteiger partial charge in [-0.1, -0.05) is 0 Å². The molecule has 4 aromatic heterocycles. The van der Waals surface area contributed by atoms with Crippen LogP contribution in [0.1, 0.15) is 16.9 Å². The number of nitrogens with zero attached hydrogens (tertiary/aromatic N) is 5. The second-order valence-electron chi connectivity index (χ2n) is 9.18. The van der Waals surface area contributed by atoms with E-state index in [9.17, 15) is 4.79 Å². The van der Waals surface area contributed by atoms with Crippen LogP contribution in [0.4, 0.5) is 11.6 Å². The number of fused-ring (bicyclic) bond motifs is 4. The molecule has 2 saturated heterocycles. The fraction of sp³-hybridized carbons (Fsp3) is 0.409. The third-order valence-corrected chi connectivity index (χ3v) is 8.11. The number of H-pyrrole nitrogens is 1. The average molecular weight is 448 g/mol. The van der Waals surface area contributed by atoms with E-state index >= 15 is 0 Å². The number of hydrogen-bond acceptors (Lipinski definition) is 8. The summed E-state index contributed by atoms with van der Waals surface area (Å²) in [6.07, 6.45) is 7.65. The molecule has 2 aliphatic heterocycles. The van der Waals surface area contributed by atoms with Gasteiger partial charge in [0.2, 0.25) is 5.91 Å². The predicted octanol–water partition coefficient (Wildman–Crippen LogP) is 2.67. The summed E-state index contributed by atoms with van der Waals surface area (Å²) < 4.78 is 5.34. The highest BCUT2D eigenvalue weighted by molar-refractivity contribution is 7.19. The molecule has 0 bridgehead atoms. The van der Waals surface area contributed by atoms with Crippen LogP contribution in [0.25, 0.3) is 21.1 Å². The fourth-order valence-corrected chi connectivity index (χ4v) is 6.47. The fourth-order valence-electron chi connectivity index (χ4n) is 5.20. The number of rotatable bonds is 3. The molecule has 10 heteroatoms. The summed E-state index contributed by atoms with van der Waals surface area (Å²) in [5.74, 6) is 1.84. The van der Waals surface area contributed by atoms with Crippen molar-refractivity contribution < 1.29 is 9.53 Å². The quantitative estimate of drug-likeness (QED) is 0.497. The maximum Gasteiger partial charge on any atom is 0.226 e. The Labute approximate surface area is 187 Å². The van der Waals surface area contributed by atoms with Gasteiger partial charge in [-0.2, -0.15) is 5.10 Å². The van der Waals surface area contributed by atoms with E-state index in [1.165, 1.54) is 10.4 Å². The van der Waals surface area contributed by atoms with Crippen molar-refractivity contribution in [3.05, 3.63) is 35.2 Å². The SMILES string of the molecule is O=C([C@H]1CCc2c(sc3ncnc(Nc4cc5cn[nH]c5cn4)c23)C1)N1CC2(COC2)C1. The van der Waals surface area contributed by atoms with Crippen molar-refractivity contribution in [2.75, 3.05) is 31.6 Å². The molecule has 2 N–H and O–H groups in total. The van der Waals surface area contributed by atoms with Crippen LogP contribution < -0.4 is 5.32 Å². The van der Waals surface area contributed by atoms with Gasteiger partial charge in [-0.15, -0.1) is 11.3 Å². The second kappa shape index (κ2) is 6.69. The van der Waals surface area contributed by atoms with Crippen LogP contribution in [0.2, 0.25) is 0 Å². The lowest BCUT2D eigenvalue weighted by atomic mass is 9.76. The number of thiophene rings is 1. The summed E-state index contributed by atoms with van der Waals surface area (Å²) in [6, 6.07) is 1.95. The minimum absolute atomic E-state index is 0.0587. The lowest BCUT2D eigenvalue weighted by Crippen LogP contribution is -2.68. The van der Waals surface area contributed by atoms with E-state index in [0.29, 0.717) is 5.91 Å². The van der Waals surface area contributed by atoms with Crippen LogP contribution in [0.3, 0.4) is 0 Å². The molecule has 6 heterocycles. The Morgan fingerprint density at radius 1 is 1.25 bits per heavy atom. The number of carbonyl (C=O) groups excluding carboxylic acids is 1. The monoisotopic (exact) mass is 447 g/mol. The second-order valence-corrected chi connectivity index (χ2v) is 10.3. The van der Waals surface area contributed by atoms with Crippen LogP contribution in [0, 0.1) is 11.3 Å². The Bertz CT molecular complexity index is 1370. The van der Waals surface area contributed by atoms with E-state index in [0.717, 1.165) is 78.3 Å². The Kier molecular flexibility index (Phi) is 3.86. The summed E-state index contributed by atoms with van der Waals surface area (Å²) >= 11 is 1.69. The number of amides is 1. The number of ether oxygens (including phenoxy) is 1. The maximum absolute atomic E-state index is 13.1. The van der Waals surface area contributed by atoms with Gasteiger partial charge in [-0.25, -0.2) is 15.0 Å². The average Bonchev–Trinajstić information content (AvgIpc) is 3.35. The Hall–Kier alpha value is -3.11. The molecule has 0 unspecified atom stereocenters. The zero-order valence-electron chi connectivity index (χ0n) is 17.3. The molecule has 3 aliphatic rings. The molecule has 7 rings (SSSR count). The molecule has 0 saturated carbocycles. The smallest absolute Gasteiger partial charge is 0.226 e. The van der Waals surface area contributed by atoms with Crippen molar-refractivity contribution >= 4 is 50.0 Å². The normalized spacial score (nSPS) is 21.4. The highest BCUT2D eigenvalue weighted by Gasteiger charge is 2.51. The van der Waals surface area contributed by atoms with Crippen molar-refractivity contribution in [2.24, 2.45) is 11.3 Å². The van der Waals surface area contributed by atoms with E-state index < -0.39 is 0 Å². The van der Waals surface area contributed by atoms with Crippen LogP contribution in [-0.4, -0.2) is 62.3 Å². The predicted molar refractivity (Wildman–Crippen MR) is 120 cm³/mol. The zero-order valence-corrected chi connectivity index (χ0v) is 18.1. The molecule has 1 amide bonds. The van der Waals surface area contributed by atoms with Gasteiger partial charge in [0.05, 0.1) is 41.9 Å². The van der Waals surface area contributed by atoms with Crippen LogP contribution in [0.5, 0.6) is 0 Å². The van der Waals surface area contributed by atoms with Crippen molar-refractivity contribution in [3.8, 4) is 0 Å². The van der Waals surface area contributed by atoms with E-state index in [4.69, 9.17) is 4.74 Å². The first-order valence-corrected chi connectivity index (χ1v) is 11.7. The molecule has 4 aromatic rings. The molecule has 0 radical (unpaired) electrons. The Balaban J connectivity index is 1.16. The largest absolute Gasteiger partial charge is 0.380 e. The van der Waals surface area contributed by atoms with Crippen molar-refractivity contribution in [3.63, 3.8) is 0 Å². The number of hydrogen-bond donors (Lipinski definition) is 2. The van der Waals surface area contributed by atoms with E-state index in [1.54, 1.807) is 30.1 Å².